The monoisotopic (exact) mass is 318 g/mol. The van der Waals surface area contributed by atoms with Crippen LogP contribution in [0.1, 0.15) is 43.6 Å². The Hall–Kier alpha value is -1.49. The van der Waals surface area contributed by atoms with Gasteiger partial charge in [-0.05, 0) is 25.7 Å². The molecule has 1 aliphatic rings. The summed E-state index contributed by atoms with van der Waals surface area (Å²) in [5.41, 5.74) is 2.12. The molecular weight excluding hydrogens is 296 g/mol. The molecule has 0 spiro atoms. The van der Waals surface area contributed by atoms with E-state index in [1.807, 2.05) is 31.2 Å². The lowest BCUT2D eigenvalue weighted by molar-refractivity contribution is 0.383. The van der Waals surface area contributed by atoms with Crippen LogP contribution in [-0.4, -0.2) is 20.1 Å². The normalized spacial score (nSPS) is 17.5. The Morgan fingerprint density at radius 2 is 1.91 bits per heavy atom. The summed E-state index contributed by atoms with van der Waals surface area (Å²) in [4.78, 5) is 4.37. The number of aromatic nitrogens is 2. The quantitative estimate of drug-likeness (QED) is 0.839. The molecule has 0 aliphatic heterocycles. The summed E-state index contributed by atoms with van der Waals surface area (Å²) in [6.45, 7) is 2.04. The second-order valence-electron chi connectivity index (χ2n) is 6.13. The Kier molecular flexibility index (Phi) is 5.03. The molecule has 1 heterocycles. The number of hydrogen-bond donors (Lipinski definition) is 0. The molecule has 4 nitrogen and oxygen atoms in total. The lowest BCUT2D eigenvalue weighted by atomic mass is 9.91. The number of nitrogens with zero attached hydrogens (tertiary/aromatic N) is 2. The summed E-state index contributed by atoms with van der Waals surface area (Å²) in [6, 6.07) is 7.99. The molecule has 1 fully saturated rings. The van der Waals surface area contributed by atoms with Crippen LogP contribution in [0.3, 0.4) is 0 Å². The number of aryl methyl sites for hydroxylation is 1. The zero-order chi connectivity index (χ0) is 15.4. The van der Waals surface area contributed by atoms with Crippen molar-refractivity contribution in [3.8, 4) is 11.4 Å². The standard InChI is InChI=1S/C17H22N2O2S/c1-13-7-9-15(10-8-13)17-18-16(21-19-17)12-22(20)11-14-5-3-2-4-6-14/h7-10,14H,2-6,11-12H2,1H3. The third kappa shape index (κ3) is 4.03. The van der Waals surface area contributed by atoms with Crippen LogP contribution in [-0.2, 0) is 16.6 Å². The molecule has 1 atom stereocenters. The summed E-state index contributed by atoms with van der Waals surface area (Å²) < 4.78 is 17.5. The van der Waals surface area contributed by atoms with E-state index in [0.29, 0.717) is 23.4 Å². The van der Waals surface area contributed by atoms with E-state index >= 15 is 0 Å². The summed E-state index contributed by atoms with van der Waals surface area (Å²) in [5, 5.41) is 4.00. The van der Waals surface area contributed by atoms with Crippen LogP contribution in [0.4, 0.5) is 0 Å². The highest BCUT2D eigenvalue weighted by atomic mass is 32.2. The third-order valence-corrected chi connectivity index (χ3v) is 5.62. The molecule has 2 aromatic rings. The van der Waals surface area contributed by atoms with Crippen molar-refractivity contribution in [2.24, 2.45) is 5.92 Å². The van der Waals surface area contributed by atoms with Crippen LogP contribution in [0, 0.1) is 12.8 Å². The Balaban J connectivity index is 1.59. The second kappa shape index (κ2) is 7.18. The van der Waals surface area contributed by atoms with Gasteiger partial charge in [-0.1, -0.05) is 54.2 Å². The van der Waals surface area contributed by atoms with E-state index in [-0.39, 0.29) is 0 Å². The molecule has 0 radical (unpaired) electrons. The average molecular weight is 318 g/mol. The molecule has 0 saturated heterocycles. The topological polar surface area (TPSA) is 56.0 Å². The van der Waals surface area contributed by atoms with Gasteiger partial charge < -0.3 is 4.52 Å². The molecule has 1 aromatic carbocycles. The van der Waals surface area contributed by atoms with Crippen LogP contribution in [0.2, 0.25) is 0 Å². The largest absolute Gasteiger partial charge is 0.338 e. The fourth-order valence-electron chi connectivity index (χ4n) is 2.95. The first-order chi connectivity index (χ1) is 10.7. The van der Waals surface area contributed by atoms with Crippen molar-refractivity contribution in [2.45, 2.75) is 44.8 Å². The molecule has 1 aliphatic carbocycles. The molecule has 1 saturated carbocycles. The maximum absolute atomic E-state index is 12.3. The van der Waals surface area contributed by atoms with E-state index in [0.717, 1.165) is 11.3 Å². The highest BCUT2D eigenvalue weighted by Gasteiger charge is 2.18. The molecule has 118 valence electrons. The minimum atomic E-state index is -0.912. The maximum atomic E-state index is 12.3. The van der Waals surface area contributed by atoms with Gasteiger partial charge in [0, 0.05) is 22.1 Å². The predicted octanol–water partition coefficient (Wildman–Crippen LogP) is 3.87. The van der Waals surface area contributed by atoms with Gasteiger partial charge in [-0.25, -0.2) is 0 Å². The molecule has 1 unspecified atom stereocenters. The molecule has 0 amide bonds. The summed E-state index contributed by atoms with van der Waals surface area (Å²) in [5.74, 6) is 2.79. The highest BCUT2D eigenvalue weighted by Crippen LogP contribution is 2.25. The van der Waals surface area contributed by atoms with Gasteiger partial charge in [0.05, 0.1) is 0 Å². The molecule has 0 bridgehead atoms. The van der Waals surface area contributed by atoms with E-state index in [4.69, 9.17) is 4.52 Å². The molecular formula is C17H22N2O2S. The first kappa shape index (κ1) is 15.4. The van der Waals surface area contributed by atoms with Crippen molar-refractivity contribution < 1.29 is 8.73 Å². The van der Waals surface area contributed by atoms with Crippen molar-refractivity contribution in [3.05, 3.63) is 35.7 Å². The Labute approximate surface area is 133 Å². The zero-order valence-corrected chi connectivity index (χ0v) is 13.8. The van der Waals surface area contributed by atoms with E-state index in [9.17, 15) is 4.21 Å². The minimum Gasteiger partial charge on any atom is -0.338 e. The number of hydrogen-bond acceptors (Lipinski definition) is 4. The van der Waals surface area contributed by atoms with E-state index in [1.165, 1.54) is 37.7 Å². The minimum absolute atomic E-state index is 0.370. The fourth-order valence-corrected chi connectivity index (χ4v) is 4.32. The van der Waals surface area contributed by atoms with Crippen LogP contribution in [0.15, 0.2) is 28.8 Å². The molecule has 5 heteroatoms. The van der Waals surface area contributed by atoms with Crippen molar-refractivity contribution in [1.82, 2.24) is 10.1 Å². The van der Waals surface area contributed by atoms with E-state index in [2.05, 4.69) is 10.1 Å². The van der Waals surface area contributed by atoms with E-state index in [1.54, 1.807) is 0 Å². The molecule has 0 N–H and O–H groups in total. The van der Waals surface area contributed by atoms with Crippen molar-refractivity contribution >= 4 is 10.8 Å². The molecule has 22 heavy (non-hydrogen) atoms. The van der Waals surface area contributed by atoms with Crippen LogP contribution in [0.5, 0.6) is 0 Å². The van der Waals surface area contributed by atoms with Crippen molar-refractivity contribution in [3.63, 3.8) is 0 Å². The average Bonchev–Trinajstić information content (AvgIpc) is 2.97. The molecule has 3 rings (SSSR count). The van der Waals surface area contributed by atoms with Crippen molar-refractivity contribution in [2.75, 3.05) is 5.75 Å². The smallest absolute Gasteiger partial charge is 0.239 e. The Morgan fingerprint density at radius 1 is 1.18 bits per heavy atom. The van der Waals surface area contributed by atoms with Crippen LogP contribution < -0.4 is 0 Å². The van der Waals surface area contributed by atoms with Gasteiger partial charge in [0.1, 0.15) is 5.75 Å². The first-order valence-electron chi connectivity index (χ1n) is 7.95. The summed E-state index contributed by atoms with van der Waals surface area (Å²) in [6.07, 6.45) is 6.31. The fraction of sp³-hybridized carbons (Fsp3) is 0.529. The Morgan fingerprint density at radius 3 is 2.64 bits per heavy atom. The van der Waals surface area contributed by atoms with Gasteiger partial charge in [-0.2, -0.15) is 4.98 Å². The lowest BCUT2D eigenvalue weighted by Crippen LogP contribution is -2.15. The van der Waals surface area contributed by atoms with E-state index < -0.39 is 10.8 Å². The van der Waals surface area contributed by atoms with Gasteiger partial charge in [0.2, 0.25) is 11.7 Å². The predicted molar refractivity (Wildman–Crippen MR) is 87.8 cm³/mol. The highest BCUT2D eigenvalue weighted by molar-refractivity contribution is 7.84. The number of benzene rings is 1. The maximum Gasteiger partial charge on any atom is 0.239 e. The van der Waals surface area contributed by atoms with Gasteiger partial charge in [0.15, 0.2) is 0 Å². The number of rotatable bonds is 5. The Bertz CT molecular complexity index is 630. The lowest BCUT2D eigenvalue weighted by Gasteiger charge is -2.20. The van der Waals surface area contributed by atoms with Crippen molar-refractivity contribution in [1.29, 1.82) is 0 Å². The van der Waals surface area contributed by atoms with Gasteiger partial charge in [0.25, 0.3) is 0 Å². The first-order valence-corrected chi connectivity index (χ1v) is 9.44. The van der Waals surface area contributed by atoms with Gasteiger partial charge in [-0.3, -0.25) is 4.21 Å². The SMILES string of the molecule is Cc1ccc(-c2noc(CS(=O)CC3CCCCC3)n2)cc1. The van der Waals surface area contributed by atoms with Crippen LogP contribution >= 0.6 is 0 Å². The third-order valence-electron chi connectivity index (χ3n) is 4.21. The summed E-state index contributed by atoms with van der Waals surface area (Å²) in [7, 11) is -0.912. The van der Waals surface area contributed by atoms with Gasteiger partial charge >= 0.3 is 0 Å². The van der Waals surface area contributed by atoms with Gasteiger partial charge in [-0.15, -0.1) is 0 Å². The summed E-state index contributed by atoms with van der Waals surface area (Å²) >= 11 is 0. The zero-order valence-electron chi connectivity index (χ0n) is 13.0. The van der Waals surface area contributed by atoms with Crippen LogP contribution in [0.25, 0.3) is 11.4 Å². The second-order valence-corrected chi connectivity index (χ2v) is 7.63. The molecule has 1 aromatic heterocycles.